The van der Waals surface area contributed by atoms with Crippen LogP contribution in [0.2, 0.25) is 0 Å². The molecule has 1 aromatic heterocycles. The van der Waals surface area contributed by atoms with Crippen molar-refractivity contribution in [1.29, 1.82) is 0 Å². The van der Waals surface area contributed by atoms with Gasteiger partial charge in [-0.05, 0) is 50.2 Å². The van der Waals surface area contributed by atoms with Crippen molar-refractivity contribution < 1.29 is 23.1 Å². The Morgan fingerprint density at radius 2 is 1.97 bits per heavy atom. The van der Waals surface area contributed by atoms with Gasteiger partial charge in [0.1, 0.15) is 17.3 Å². The van der Waals surface area contributed by atoms with E-state index in [4.69, 9.17) is 13.9 Å². The number of amides is 1. The van der Waals surface area contributed by atoms with E-state index in [1.54, 1.807) is 19.1 Å². The fraction of sp³-hybridized carbons (Fsp3) is 0.250. The van der Waals surface area contributed by atoms with Gasteiger partial charge in [0.05, 0.1) is 18.0 Å². The first kappa shape index (κ1) is 20.7. The first-order valence-corrected chi connectivity index (χ1v) is 9.93. The summed E-state index contributed by atoms with van der Waals surface area (Å²) in [6, 6.07) is 12.9. The molecule has 3 aromatic rings. The predicted octanol–water partition coefficient (Wildman–Crippen LogP) is 4.48. The summed E-state index contributed by atoms with van der Waals surface area (Å²) in [7, 11) is 0. The number of anilines is 1. The Bertz CT molecular complexity index is 949. The number of hydrogen-bond donors (Lipinski definition) is 1. The van der Waals surface area contributed by atoms with E-state index in [1.807, 2.05) is 19.1 Å². The predicted molar refractivity (Wildman–Crippen MR) is 107 cm³/mol. The molecule has 1 N–H and O–H groups in total. The van der Waals surface area contributed by atoms with Crippen LogP contribution in [0.25, 0.3) is 0 Å². The van der Waals surface area contributed by atoms with Gasteiger partial charge in [0, 0.05) is 0 Å². The summed E-state index contributed by atoms with van der Waals surface area (Å²) < 4.78 is 29.6. The maximum Gasteiger partial charge on any atom is 0.277 e. The fourth-order valence-corrected chi connectivity index (χ4v) is 2.95. The van der Waals surface area contributed by atoms with E-state index < -0.39 is 6.10 Å². The van der Waals surface area contributed by atoms with Crippen LogP contribution in [0.3, 0.4) is 0 Å². The Labute approximate surface area is 171 Å². The average molecular weight is 417 g/mol. The molecule has 0 aliphatic heterocycles. The van der Waals surface area contributed by atoms with Crippen LogP contribution in [0.15, 0.2) is 58.2 Å². The number of nitrogens with one attached hydrogen (secondary N) is 1. The summed E-state index contributed by atoms with van der Waals surface area (Å²) in [5.41, 5.74) is 0.604. The molecule has 1 amide bonds. The van der Waals surface area contributed by atoms with E-state index in [0.29, 0.717) is 23.8 Å². The third-order valence-electron chi connectivity index (χ3n) is 3.68. The van der Waals surface area contributed by atoms with E-state index in [-0.39, 0.29) is 28.6 Å². The molecule has 0 bridgehead atoms. The Hall–Kier alpha value is -3.07. The molecule has 3 rings (SSSR count). The van der Waals surface area contributed by atoms with Gasteiger partial charge in [-0.25, -0.2) is 4.39 Å². The largest absolute Gasteiger partial charge is 0.492 e. The van der Waals surface area contributed by atoms with E-state index in [0.717, 1.165) is 11.8 Å². The topological polar surface area (TPSA) is 86.5 Å². The average Bonchev–Trinajstić information content (AvgIpc) is 3.19. The number of thioether (sulfide) groups is 1. The number of benzene rings is 2. The zero-order valence-electron chi connectivity index (χ0n) is 15.9. The minimum absolute atomic E-state index is 0.0926. The quantitative estimate of drug-likeness (QED) is 0.514. The van der Waals surface area contributed by atoms with Crippen molar-refractivity contribution in [3.63, 3.8) is 0 Å². The van der Waals surface area contributed by atoms with Crippen molar-refractivity contribution >= 4 is 23.4 Å². The fourth-order valence-electron chi connectivity index (χ4n) is 2.38. The minimum Gasteiger partial charge on any atom is -0.492 e. The highest BCUT2D eigenvalue weighted by atomic mass is 32.2. The van der Waals surface area contributed by atoms with Gasteiger partial charge in [-0.15, -0.1) is 10.2 Å². The maximum absolute atomic E-state index is 13.0. The summed E-state index contributed by atoms with van der Waals surface area (Å²) in [5.74, 6) is 0.883. The second kappa shape index (κ2) is 9.92. The molecule has 0 saturated heterocycles. The monoisotopic (exact) mass is 417 g/mol. The Morgan fingerprint density at radius 1 is 1.21 bits per heavy atom. The van der Waals surface area contributed by atoms with Gasteiger partial charge < -0.3 is 19.2 Å². The zero-order chi connectivity index (χ0) is 20.6. The lowest BCUT2D eigenvalue weighted by Gasteiger charge is -2.11. The lowest BCUT2D eigenvalue weighted by Crippen LogP contribution is -2.14. The van der Waals surface area contributed by atoms with Gasteiger partial charge in [-0.3, -0.25) is 4.79 Å². The van der Waals surface area contributed by atoms with Gasteiger partial charge in [0.15, 0.2) is 6.10 Å². The van der Waals surface area contributed by atoms with Crippen molar-refractivity contribution in [2.24, 2.45) is 0 Å². The summed E-state index contributed by atoms with van der Waals surface area (Å²) >= 11 is 1.12. The van der Waals surface area contributed by atoms with Crippen LogP contribution >= 0.6 is 11.8 Å². The van der Waals surface area contributed by atoms with Crippen LogP contribution < -0.4 is 14.8 Å². The molecule has 152 valence electrons. The summed E-state index contributed by atoms with van der Waals surface area (Å²) in [4.78, 5) is 12.2. The number of nitrogens with zero attached hydrogens (tertiary/aromatic N) is 2. The van der Waals surface area contributed by atoms with E-state index >= 15 is 0 Å². The molecule has 0 unspecified atom stereocenters. The number of rotatable bonds is 9. The number of aromatic nitrogens is 2. The van der Waals surface area contributed by atoms with Crippen molar-refractivity contribution in [3.05, 3.63) is 60.2 Å². The molecular weight excluding hydrogens is 397 g/mol. The van der Waals surface area contributed by atoms with E-state index in [1.165, 1.54) is 24.3 Å². The van der Waals surface area contributed by atoms with E-state index in [2.05, 4.69) is 15.5 Å². The van der Waals surface area contributed by atoms with Gasteiger partial charge in [-0.2, -0.15) is 0 Å². The highest BCUT2D eigenvalue weighted by Crippen LogP contribution is 2.26. The maximum atomic E-state index is 13.0. The Kier molecular flexibility index (Phi) is 7.07. The van der Waals surface area contributed by atoms with Crippen molar-refractivity contribution in [3.8, 4) is 11.5 Å². The lowest BCUT2D eigenvalue weighted by atomic mass is 10.3. The van der Waals surface area contributed by atoms with Crippen LogP contribution in [0.1, 0.15) is 25.8 Å². The van der Waals surface area contributed by atoms with Crippen LogP contribution in [0.4, 0.5) is 10.1 Å². The van der Waals surface area contributed by atoms with Crippen molar-refractivity contribution in [1.82, 2.24) is 10.2 Å². The molecule has 9 heteroatoms. The highest BCUT2D eigenvalue weighted by molar-refractivity contribution is 7.99. The van der Waals surface area contributed by atoms with Gasteiger partial charge in [0.25, 0.3) is 11.1 Å². The molecule has 0 spiro atoms. The number of para-hydroxylation sites is 2. The number of ether oxygens (including phenoxy) is 2. The number of halogens is 1. The number of hydrogen-bond acceptors (Lipinski definition) is 7. The van der Waals surface area contributed by atoms with Crippen molar-refractivity contribution in [2.45, 2.75) is 25.2 Å². The second-order valence-electron chi connectivity index (χ2n) is 5.89. The first-order valence-electron chi connectivity index (χ1n) is 8.95. The molecule has 1 heterocycles. The van der Waals surface area contributed by atoms with Gasteiger partial charge >= 0.3 is 0 Å². The summed E-state index contributed by atoms with van der Waals surface area (Å²) in [5, 5.41) is 10.9. The molecule has 0 fully saturated rings. The first-order chi connectivity index (χ1) is 14.0. The molecule has 29 heavy (non-hydrogen) atoms. The molecule has 0 aliphatic rings. The van der Waals surface area contributed by atoms with Gasteiger partial charge in [0.2, 0.25) is 5.91 Å². The van der Waals surface area contributed by atoms with Crippen molar-refractivity contribution in [2.75, 3.05) is 17.7 Å². The summed E-state index contributed by atoms with van der Waals surface area (Å²) in [6.07, 6.45) is -0.519. The standard InChI is InChI=1S/C20H20FN3O4S/c1-3-26-17-7-5-4-6-16(17)22-18(25)12-29-20-24-23-19(28-20)13(2)27-15-10-8-14(21)9-11-15/h4-11,13H,3,12H2,1-2H3,(H,22,25)/t13-/m0/s1. The number of carbonyl (C=O) groups excluding carboxylic acids is 1. The van der Waals surface area contributed by atoms with E-state index in [9.17, 15) is 9.18 Å². The highest BCUT2D eigenvalue weighted by Gasteiger charge is 2.17. The second-order valence-corrected chi connectivity index (χ2v) is 6.81. The number of carbonyl (C=O) groups is 1. The van der Waals surface area contributed by atoms with Crippen LogP contribution in [0, 0.1) is 5.82 Å². The van der Waals surface area contributed by atoms with Gasteiger partial charge in [-0.1, -0.05) is 23.9 Å². The Morgan fingerprint density at radius 3 is 2.72 bits per heavy atom. The molecule has 0 aliphatic carbocycles. The summed E-state index contributed by atoms with van der Waals surface area (Å²) in [6.45, 7) is 4.12. The molecular formula is C20H20FN3O4S. The molecule has 1 atom stereocenters. The third-order valence-corrected chi connectivity index (χ3v) is 4.50. The minimum atomic E-state index is -0.519. The smallest absolute Gasteiger partial charge is 0.277 e. The molecule has 2 aromatic carbocycles. The lowest BCUT2D eigenvalue weighted by molar-refractivity contribution is -0.113. The molecule has 0 radical (unpaired) electrons. The normalized spacial score (nSPS) is 11.7. The Balaban J connectivity index is 1.52. The zero-order valence-corrected chi connectivity index (χ0v) is 16.7. The molecule has 0 saturated carbocycles. The van der Waals surface area contributed by atoms with Crippen LogP contribution in [0.5, 0.6) is 11.5 Å². The SMILES string of the molecule is CCOc1ccccc1NC(=O)CSc1nnc([C@H](C)Oc2ccc(F)cc2)o1. The van der Waals surface area contributed by atoms with Crippen LogP contribution in [-0.2, 0) is 4.79 Å². The molecule has 7 nitrogen and oxygen atoms in total. The third kappa shape index (κ3) is 5.95. The van der Waals surface area contributed by atoms with Crippen LogP contribution in [-0.4, -0.2) is 28.5 Å².